The van der Waals surface area contributed by atoms with E-state index in [1.54, 1.807) is 43.2 Å². The molecular weight excluding hydrogens is 451 g/mol. The second-order valence-corrected chi connectivity index (χ2v) is 9.95. The van der Waals surface area contributed by atoms with Crippen molar-refractivity contribution >= 4 is 23.3 Å². The normalized spacial score (nSPS) is 21.8. The molecule has 0 unspecified atom stereocenters. The summed E-state index contributed by atoms with van der Waals surface area (Å²) in [6.45, 7) is 6.23. The van der Waals surface area contributed by atoms with E-state index in [9.17, 15) is 22.8 Å². The fourth-order valence-electron chi connectivity index (χ4n) is 4.96. The molecule has 3 amide bonds. The number of nitrogens with zero attached hydrogens (tertiary/aromatic N) is 3. The fraction of sp³-hybridized carbons (Fsp3) is 0.500. The lowest BCUT2D eigenvalue weighted by atomic mass is 9.97. The molecule has 178 valence electrons. The maximum atomic E-state index is 13.7. The highest BCUT2D eigenvalue weighted by atomic mass is 32.1. The Bertz CT molecular complexity index is 1070. The third kappa shape index (κ3) is 4.35. The van der Waals surface area contributed by atoms with Crippen LogP contribution in [0.1, 0.15) is 59.0 Å². The third-order valence-electron chi connectivity index (χ3n) is 6.86. The minimum absolute atomic E-state index is 0.0768. The molecule has 33 heavy (non-hydrogen) atoms. The van der Waals surface area contributed by atoms with Gasteiger partial charge >= 0.3 is 12.2 Å². The summed E-state index contributed by atoms with van der Waals surface area (Å²) >= 11 is 1.58. The van der Waals surface area contributed by atoms with Crippen molar-refractivity contribution < 1.29 is 22.8 Å². The molecule has 2 aromatic rings. The van der Waals surface area contributed by atoms with Crippen molar-refractivity contribution in [2.45, 2.75) is 57.9 Å². The number of alkyl halides is 3. The average molecular weight is 480 g/mol. The Hall–Kier alpha value is -2.55. The molecule has 0 bridgehead atoms. The average Bonchev–Trinajstić information content (AvgIpc) is 3.36. The van der Waals surface area contributed by atoms with Gasteiger partial charge in [0.05, 0.1) is 23.7 Å². The number of rotatable bonds is 3. The van der Waals surface area contributed by atoms with Crippen molar-refractivity contribution in [3.63, 3.8) is 0 Å². The summed E-state index contributed by atoms with van der Waals surface area (Å²) in [6, 6.07) is 4.82. The predicted molar refractivity (Wildman–Crippen MR) is 121 cm³/mol. The first kappa shape index (κ1) is 23.6. The molecule has 0 saturated carbocycles. The summed E-state index contributed by atoms with van der Waals surface area (Å²) in [4.78, 5) is 32.3. The zero-order chi connectivity index (χ0) is 24.1. The molecular formula is C24H28F3N3O2S. The summed E-state index contributed by atoms with van der Waals surface area (Å²) in [5, 5.41) is 1.99. The molecule has 2 aliphatic rings. The van der Waals surface area contributed by atoms with Gasteiger partial charge in [-0.25, -0.2) is 4.79 Å². The van der Waals surface area contributed by atoms with Gasteiger partial charge in [-0.2, -0.15) is 13.2 Å². The van der Waals surface area contributed by atoms with Crippen LogP contribution in [0.3, 0.4) is 0 Å². The molecule has 0 aliphatic carbocycles. The Kier molecular flexibility index (Phi) is 6.20. The lowest BCUT2D eigenvalue weighted by Gasteiger charge is -2.46. The maximum Gasteiger partial charge on any atom is 0.416 e. The van der Waals surface area contributed by atoms with Gasteiger partial charge in [0.25, 0.3) is 0 Å². The van der Waals surface area contributed by atoms with Crippen LogP contribution < -0.4 is 0 Å². The molecule has 2 aliphatic heterocycles. The Balaban J connectivity index is 1.64. The molecule has 0 radical (unpaired) electrons. The molecule has 9 heteroatoms. The third-order valence-corrected chi connectivity index (χ3v) is 7.95. The van der Waals surface area contributed by atoms with Gasteiger partial charge in [-0.05, 0) is 61.9 Å². The maximum absolute atomic E-state index is 13.7. The monoisotopic (exact) mass is 479 g/mol. The number of carbonyl (C=O) groups excluding carboxylic acids is 2. The van der Waals surface area contributed by atoms with Gasteiger partial charge < -0.3 is 14.7 Å². The quantitative estimate of drug-likeness (QED) is 0.580. The zero-order valence-corrected chi connectivity index (χ0v) is 20.0. The van der Waals surface area contributed by atoms with Crippen LogP contribution in [0.15, 0.2) is 29.6 Å². The highest BCUT2D eigenvalue weighted by molar-refractivity contribution is 7.10. The number of piperazine rings is 1. The number of carbonyl (C=O) groups is 2. The molecule has 1 aromatic heterocycles. The molecule has 4 rings (SSSR count). The van der Waals surface area contributed by atoms with Crippen molar-refractivity contribution in [1.29, 1.82) is 0 Å². The molecule has 2 saturated heterocycles. The molecule has 1 aromatic carbocycles. The van der Waals surface area contributed by atoms with E-state index in [1.807, 2.05) is 23.3 Å². The number of hydrogen-bond acceptors (Lipinski definition) is 3. The van der Waals surface area contributed by atoms with E-state index >= 15 is 0 Å². The minimum Gasteiger partial charge on any atom is -0.335 e. The van der Waals surface area contributed by atoms with Gasteiger partial charge in [0, 0.05) is 31.4 Å². The fourth-order valence-corrected chi connectivity index (χ4v) is 6.06. The number of aryl methyl sites for hydroxylation is 2. The van der Waals surface area contributed by atoms with E-state index in [2.05, 4.69) is 0 Å². The van der Waals surface area contributed by atoms with Gasteiger partial charge in [0.2, 0.25) is 5.91 Å². The van der Waals surface area contributed by atoms with Gasteiger partial charge in [0.1, 0.15) is 0 Å². The van der Waals surface area contributed by atoms with Gasteiger partial charge in [-0.15, -0.1) is 11.3 Å². The van der Waals surface area contributed by atoms with Crippen LogP contribution in [0.4, 0.5) is 18.0 Å². The highest BCUT2D eigenvalue weighted by Crippen LogP contribution is 2.42. The van der Waals surface area contributed by atoms with Crippen molar-refractivity contribution in [1.82, 2.24) is 14.7 Å². The second kappa shape index (κ2) is 8.66. The molecule has 5 nitrogen and oxygen atoms in total. The summed E-state index contributed by atoms with van der Waals surface area (Å²) in [7, 11) is 1.63. The van der Waals surface area contributed by atoms with Crippen LogP contribution in [-0.2, 0) is 11.0 Å². The predicted octanol–water partition coefficient (Wildman–Crippen LogP) is 5.54. The van der Waals surface area contributed by atoms with E-state index in [0.717, 1.165) is 22.6 Å². The standard InChI is InChI=1S/C24H28F3N3O2S/c1-14-11-17(13-18(12-14)24(25,26)27)16(3)28(4)23(32)30-9-8-29-19(5-6-20(29)31)21(30)22-15(2)7-10-33-22/h7,10-13,16,19,21H,5-6,8-9H2,1-4H3/t16-,19+,21-/m1/s1. The first-order chi connectivity index (χ1) is 15.5. The lowest BCUT2D eigenvalue weighted by molar-refractivity contribution is -0.137. The number of urea groups is 1. The van der Waals surface area contributed by atoms with Crippen LogP contribution in [-0.4, -0.2) is 52.8 Å². The molecule has 0 spiro atoms. The Labute approximate surface area is 195 Å². The van der Waals surface area contributed by atoms with Crippen molar-refractivity contribution in [2.24, 2.45) is 0 Å². The van der Waals surface area contributed by atoms with Crippen molar-refractivity contribution in [3.05, 3.63) is 56.8 Å². The largest absolute Gasteiger partial charge is 0.416 e. The summed E-state index contributed by atoms with van der Waals surface area (Å²) in [6.07, 6.45) is -3.28. The first-order valence-corrected chi connectivity index (χ1v) is 11.9. The van der Waals surface area contributed by atoms with E-state index in [4.69, 9.17) is 0 Å². The topological polar surface area (TPSA) is 43.9 Å². The smallest absolute Gasteiger partial charge is 0.335 e. The molecule has 0 N–H and O–H groups in total. The number of hydrogen-bond donors (Lipinski definition) is 0. The number of benzene rings is 1. The number of amides is 3. The summed E-state index contributed by atoms with van der Waals surface area (Å²) in [5.41, 5.74) is 1.30. The summed E-state index contributed by atoms with van der Waals surface area (Å²) < 4.78 is 40.0. The van der Waals surface area contributed by atoms with Crippen molar-refractivity contribution in [2.75, 3.05) is 20.1 Å². The number of thiophene rings is 1. The second-order valence-electron chi connectivity index (χ2n) is 9.00. The van der Waals surface area contributed by atoms with E-state index in [-0.39, 0.29) is 24.0 Å². The molecule has 3 atom stereocenters. The molecule has 3 heterocycles. The first-order valence-electron chi connectivity index (χ1n) is 11.0. The van der Waals surface area contributed by atoms with E-state index in [0.29, 0.717) is 37.1 Å². The lowest BCUT2D eigenvalue weighted by Crippen LogP contribution is -2.57. The van der Waals surface area contributed by atoms with Crippen LogP contribution >= 0.6 is 11.3 Å². The van der Waals surface area contributed by atoms with Gasteiger partial charge in [-0.1, -0.05) is 11.6 Å². The highest BCUT2D eigenvalue weighted by Gasteiger charge is 2.46. The van der Waals surface area contributed by atoms with E-state index < -0.39 is 17.8 Å². The minimum atomic E-state index is -4.45. The molecule has 2 fully saturated rings. The SMILES string of the molecule is Cc1cc([C@@H](C)N(C)C(=O)N2CCN3C(=O)CC[C@H]3[C@@H]2c2sccc2C)cc(C(F)(F)F)c1. The Morgan fingerprint density at radius 1 is 1.21 bits per heavy atom. The van der Waals surface area contributed by atoms with Crippen molar-refractivity contribution in [3.8, 4) is 0 Å². The van der Waals surface area contributed by atoms with Crippen LogP contribution in [0, 0.1) is 13.8 Å². The van der Waals surface area contributed by atoms with Gasteiger partial charge in [0.15, 0.2) is 0 Å². The number of halogens is 3. The van der Waals surface area contributed by atoms with Crippen LogP contribution in [0.2, 0.25) is 0 Å². The Morgan fingerprint density at radius 2 is 1.94 bits per heavy atom. The summed E-state index contributed by atoms with van der Waals surface area (Å²) in [5.74, 6) is 0.118. The van der Waals surface area contributed by atoms with Crippen LogP contribution in [0.5, 0.6) is 0 Å². The van der Waals surface area contributed by atoms with Gasteiger partial charge in [-0.3, -0.25) is 4.79 Å². The number of fused-ring (bicyclic) bond motifs is 1. The van der Waals surface area contributed by atoms with E-state index in [1.165, 1.54) is 4.90 Å². The Morgan fingerprint density at radius 3 is 2.58 bits per heavy atom. The van der Waals surface area contributed by atoms with Crippen LogP contribution in [0.25, 0.3) is 0 Å². The zero-order valence-electron chi connectivity index (χ0n) is 19.1.